The molecule has 2 nitrogen and oxygen atoms in total. The van der Waals surface area contributed by atoms with Gasteiger partial charge in [0.15, 0.2) is 4.77 Å². The van der Waals surface area contributed by atoms with E-state index >= 15 is 0 Å². The Hall–Kier alpha value is -1.94. The van der Waals surface area contributed by atoms with E-state index in [1.165, 1.54) is 11.6 Å². The van der Waals surface area contributed by atoms with E-state index in [1.54, 1.807) is 12.1 Å². The first-order chi connectivity index (χ1) is 9.63. The van der Waals surface area contributed by atoms with Crippen LogP contribution in [0.2, 0.25) is 0 Å². The summed E-state index contributed by atoms with van der Waals surface area (Å²) in [7, 11) is 0. The molecule has 102 valence electrons. The molecular weight excluding hydrogens is 271 g/mol. The highest BCUT2D eigenvalue weighted by Gasteiger charge is 2.05. The Morgan fingerprint density at radius 2 is 2.05 bits per heavy atom. The van der Waals surface area contributed by atoms with Crippen LogP contribution in [0.5, 0.6) is 0 Å². The topological polar surface area (TPSA) is 20.7 Å². The van der Waals surface area contributed by atoms with Gasteiger partial charge in [0, 0.05) is 6.54 Å². The molecule has 2 aromatic carbocycles. The van der Waals surface area contributed by atoms with Crippen molar-refractivity contribution in [2.45, 2.75) is 19.9 Å². The predicted octanol–water partition coefficient (Wildman–Crippen LogP) is 4.39. The fraction of sp³-hybridized carbons (Fsp3) is 0.188. The van der Waals surface area contributed by atoms with Gasteiger partial charge in [-0.1, -0.05) is 18.2 Å². The average Bonchev–Trinajstić information content (AvgIpc) is 2.72. The van der Waals surface area contributed by atoms with Gasteiger partial charge in [-0.3, -0.25) is 0 Å². The Kier molecular flexibility index (Phi) is 3.40. The zero-order valence-corrected chi connectivity index (χ0v) is 12.0. The lowest BCUT2D eigenvalue weighted by atomic mass is 10.1. The maximum Gasteiger partial charge on any atom is 0.178 e. The molecule has 0 unspecified atom stereocenters. The van der Waals surface area contributed by atoms with Crippen LogP contribution in [0.1, 0.15) is 11.1 Å². The molecular formula is C16H15FN2S. The largest absolute Gasteiger partial charge is 0.331 e. The van der Waals surface area contributed by atoms with Gasteiger partial charge in [-0.25, -0.2) is 4.39 Å². The van der Waals surface area contributed by atoms with Crippen molar-refractivity contribution in [3.8, 4) is 0 Å². The van der Waals surface area contributed by atoms with E-state index in [9.17, 15) is 4.39 Å². The number of imidazole rings is 1. The standard InChI is InChI=1S/C16H15FN2S/c1-11-5-6-14-15(9-11)19(16(20)18-14)8-7-12-3-2-4-13(17)10-12/h2-6,9-10H,7-8H2,1H3,(H,18,20). The van der Waals surface area contributed by atoms with Crippen molar-refractivity contribution in [1.82, 2.24) is 9.55 Å². The number of nitrogens with one attached hydrogen (secondary N) is 1. The Morgan fingerprint density at radius 3 is 2.85 bits per heavy atom. The van der Waals surface area contributed by atoms with Crippen molar-refractivity contribution in [2.75, 3.05) is 0 Å². The number of fused-ring (bicyclic) bond motifs is 1. The molecule has 0 saturated carbocycles. The first kappa shape index (κ1) is 13.1. The van der Waals surface area contributed by atoms with Gasteiger partial charge < -0.3 is 9.55 Å². The van der Waals surface area contributed by atoms with Crippen LogP contribution in [0, 0.1) is 17.5 Å². The van der Waals surface area contributed by atoms with Gasteiger partial charge in [0.2, 0.25) is 0 Å². The number of aromatic amines is 1. The summed E-state index contributed by atoms with van der Waals surface area (Å²) in [6, 6.07) is 12.9. The molecule has 0 fully saturated rings. The predicted molar refractivity (Wildman–Crippen MR) is 82.0 cm³/mol. The summed E-state index contributed by atoms with van der Waals surface area (Å²) in [5, 5.41) is 0. The van der Waals surface area contributed by atoms with Crippen molar-refractivity contribution >= 4 is 23.3 Å². The number of H-pyrrole nitrogens is 1. The molecule has 4 heteroatoms. The summed E-state index contributed by atoms with van der Waals surface area (Å²) in [4.78, 5) is 3.21. The van der Waals surface area contributed by atoms with E-state index in [4.69, 9.17) is 12.2 Å². The molecule has 0 bridgehead atoms. The Labute approximate surface area is 121 Å². The van der Waals surface area contributed by atoms with Crippen LogP contribution < -0.4 is 0 Å². The number of hydrogen-bond acceptors (Lipinski definition) is 1. The van der Waals surface area contributed by atoms with Crippen LogP contribution >= 0.6 is 12.2 Å². The zero-order chi connectivity index (χ0) is 14.1. The zero-order valence-electron chi connectivity index (χ0n) is 11.2. The molecule has 0 aliphatic carbocycles. The number of benzene rings is 2. The Balaban J connectivity index is 1.93. The number of rotatable bonds is 3. The molecule has 0 spiro atoms. The minimum Gasteiger partial charge on any atom is -0.331 e. The third-order valence-electron chi connectivity index (χ3n) is 3.44. The summed E-state index contributed by atoms with van der Waals surface area (Å²) in [5.41, 5.74) is 4.33. The molecule has 0 radical (unpaired) electrons. The molecule has 3 aromatic rings. The third-order valence-corrected chi connectivity index (χ3v) is 3.77. The SMILES string of the molecule is Cc1ccc2[nH]c(=S)n(CCc3cccc(F)c3)c2c1. The van der Waals surface area contributed by atoms with Crippen LogP contribution in [-0.2, 0) is 13.0 Å². The number of nitrogens with zero attached hydrogens (tertiary/aromatic N) is 1. The first-order valence-electron chi connectivity index (χ1n) is 6.57. The van der Waals surface area contributed by atoms with Crippen molar-refractivity contribution in [2.24, 2.45) is 0 Å². The lowest BCUT2D eigenvalue weighted by molar-refractivity contribution is 0.622. The highest BCUT2D eigenvalue weighted by atomic mass is 32.1. The second-order valence-electron chi connectivity index (χ2n) is 4.98. The summed E-state index contributed by atoms with van der Waals surface area (Å²) in [6.45, 7) is 2.80. The van der Waals surface area contributed by atoms with Crippen molar-refractivity contribution in [3.05, 3.63) is 64.2 Å². The van der Waals surface area contributed by atoms with E-state index < -0.39 is 0 Å². The molecule has 0 atom stereocenters. The Bertz CT molecular complexity index is 817. The molecule has 0 amide bonds. The summed E-state index contributed by atoms with van der Waals surface area (Å²) in [6.07, 6.45) is 0.757. The minimum atomic E-state index is -0.194. The smallest absolute Gasteiger partial charge is 0.178 e. The number of hydrogen-bond donors (Lipinski definition) is 1. The molecule has 0 saturated heterocycles. The summed E-state index contributed by atoms with van der Waals surface area (Å²) >= 11 is 5.37. The van der Waals surface area contributed by atoms with Gasteiger partial charge in [-0.2, -0.15) is 0 Å². The maximum atomic E-state index is 13.2. The number of aryl methyl sites for hydroxylation is 3. The monoisotopic (exact) mass is 286 g/mol. The number of aromatic nitrogens is 2. The van der Waals surface area contributed by atoms with Gasteiger partial charge in [0.25, 0.3) is 0 Å². The summed E-state index contributed by atoms with van der Waals surface area (Å²) in [5.74, 6) is -0.194. The molecule has 1 aromatic heterocycles. The minimum absolute atomic E-state index is 0.194. The highest BCUT2D eigenvalue weighted by molar-refractivity contribution is 7.71. The molecule has 1 N–H and O–H groups in total. The molecule has 1 heterocycles. The van der Waals surface area contributed by atoms with Crippen LogP contribution in [0.15, 0.2) is 42.5 Å². The number of halogens is 1. The van der Waals surface area contributed by atoms with Crippen molar-refractivity contribution in [1.29, 1.82) is 0 Å². The van der Waals surface area contributed by atoms with Gasteiger partial charge in [-0.05, 0) is 61.0 Å². The van der Waals surface area contributed by atoms with E-state index in [2.05, 4.69) is 28.6 Å². The fourth-order valence-corrected chi connectivity index (χ4v) is 2.72. The maximum absolute atomic E-state index is 13.2. The van der Waals surface area contributed by atoms with Crippen LogP contribution in [0.25, 0.3) is 11.0 Å². The van der Waals surface area contributed by atoms with Crippen LogP contribution in [-0.4, -0.2) is 9.55 Å². The Morgan fingerprint density at radius 1 is 1.20 bits per heavy atom. The van der Waals surface area contributed by atoms with Crippen LogP contribution in [0.4, 0.5) is 4.39 Å². The first-order valence-corrected chi connectivity index (χ1v) is 6.98. The second-order valence-corrected chi connectivity index (χ2v) is 5.37. The molecule has 0 aliphatic rings. The quantitative estimate of drug-likeness (QED) is 0.708. The van der Waals surface area contributed by atoms with E-state index in [-0.39, 0.29) is 5.82 Å². The van der Waals surface area contributed by atoms with E-state index in [1.807, 2.05) is 12.1 Å². The van der Waals surface area contributed by atoms with Crippen molar-refractivity contribution < 1.29 is 4.39 Å². The van der Waals surface area contributed by atoms with Crippen molar-refractivity contribution in [3.63, 3.8) is 0 Å². The fourth-order valence-electron chi connectivity index (χ4n) is 2.42. The van der Waals surface area contributed by atoms with Gasteiger partial charge >= 0.3 is 0 Å². The molecule has 0 aliphatic heterocycles. The van der Waals surface area contributed by atoms with Gasteiger partial charge in [0.1, 0.15) is 5.82 Å². The van der Waals surface area contributed by atoms with Gasteiger partial charge in [-0.15, -0.1) is 0 Å². The average molecular weight is 286 g/mol. The highest BCUT2D eigenvalue weighted by Crippen LogP contribution is 2.17. The van der Waals surface area contributed by atoms with E-state index in [0.717, 1.165) is 29.6 Å². The van der Waals surface area contributed by atoms with Crippen LogP contribution in [0.3, 0.4) is 0 Å². The lowest BCUT2D eigenvalue weighted by Crippen LogP contribution is -2.01. The molecule has 3 rings (SSSR count). The molecule has 20 heavy (non-hydrogen) atoms. The second kappa shape index (κ2) is 5.21. The van der Waals surface area contributed by atoms with E-state index in [0.29, 0.717) is 4.77 Å². The van der Waals surface area contributed by atoms with Gasteiger partial charge in [0.05, 0.1) is 11.0 Å². The lowest BCUT2D eigenvalue weighted by Gasteiger charge is -2.05. The summed E-state index contributed by atoms with van der Waals surface area (Å²) < 4.78 is 16.0. The normalized spacial score (nSPS) is 11.1. The third kappa shape index (κ3) is 2.51.